The van der Waals surface area contributed by atoms with Gasteiger partial charge in [-0.25, -0.2) is 0 Å². The van der Waals surface area contributed by atoms with Crippen LogP contribution >= 0.6 is 15.9 Å². The van der Waals surface area contributed by atoms with Crippen molar-refractivity contribution in [3.8, 4) is 5.75 Å². The van der Waals surface area contributed by atoms with E-state index >= 15 is 0 Å². The van der Waals surface area contributed by atoms with E-state index in [4.69, 9.17) is 10.5 Å². The van der Waals surface area contributed by atoms with Gasteiger partial charge in [0, 0.05) is 33.3 Å². The summed E-state index contributed by atoms with van der Waals surface area (Å²) < 4.78 is 6.94. The van der Waals surface area contributed by atoms with Gasteiger partial charge in [-0.05, 0) is 35.9 Å². The maximum absolute atomic E-state index is 5.96. The molecule has 3 nitrogen and oxygen atoms in total. The SMILES string of the molecule is Nc1ccc(OCc2cccc(Br)c2)c2cnccc12. The molecule has 0 unspecified atom stereocenters. The molecule has 0 aliphatic heterocycles. The minimum atomic E-state index is 0.507. The molecule has 4 heteroatoms. The van der Waals surface area contributed by atoms with Crippen LogP contribution in [-0.2, 0) is 6.61 Å². The van der Waals surface area contributed by atoms with E-state index in [2.05, 4.69) is 20.9 Å². The van der Waals surface area contributed by atoms with Gasteiger partial charge in [0.1, 0.15) is 12.4 Å². The summed E-state index contributed by atoms with van der Waals surface area (Å²) in [6, 6.07) is 13.7. The molecule has 0 bridgehead atoms. The maximum atomic E-state index is 5.96. The van der Waals surface area contributed by atoms with Crippen LogP contribution in [0.1, 0.15) is 5.56 Å². The number of pyridine rings is 1. The minimum absolute atomic E-state index is 0.507. The molecule has 0 saturated carbocycles. The lowest BCUT2D eigenvalue weighted by atomic mass is 10.1. The number of hydrogen-bond acceptors (Lipinski definition) is 3. The van der Waals surface area contributed by atoms with E-state index in [9.17, 15) is 0 Å². The Labute approximate surface area is 125 Å². The number of nitrogen functional groups attached to an aromatic ring is 1. The Kier molecular flexibility index (Phi) is 3.56. The van der Waals surface area contributed by atoms with Crippen LogP contribution in [0.3, 0.4) is 0 Å². The van der Waals surface area contributed by atoms with Gasteiger partial charge >= 0.3 is 0 Å². The van der Waals surface area contributed by atoms with Gasteiger partial charge in [0.05, 0.1) is 0 Å². The molecular weight excluding hydrogens is 316 g/mol. The van der Waals surface area contributed by atoms with Gasteiger partial charge in [0.25, 0.3) is 0 Å². The Morgan fingerprint density at radius 2 is 2.00 bits per heavy atom. The number of rotatable bonds is 3. The summed E-state index contributed by atoms with van der Waals surface area (Å²) in [5.41, 5.74) is 7.80. The van der Waals surface area contributed by atoms with Crippen molar-refractivity contribution in [2.24, 2.45) is 0 Å². The lowest BCUT2D eigenvalue weighted by Crippen LogP contribution is -1.97. The van der Waals surface area contributed by atoms with Crippen molar-refractivity contribution in [1.82, 2.24) is 4.98 Å². The number of benzene rings is 2. The molecule has 0 fully saturated rings. The number of halogens is 1. The van der Waals surface area contributed by atoms with Crippen molar-refractivity contribution < 1.29 is 4.74 Å². The molecule has 2 aromatic carbocycles. The summed E-state index contributed by atoms with van der Waals surface area (Å²) in [6.45, 7) is 0.507. The molecule has 20 heavy (non-hydrogen) atoms. The second-order valence-electron chi connectivity index (χ2n) is 4.49. The van der Waals surface area contributed by atoms with Gasteiger partial charge < -0.3 is 10.5 Å². The highest BCUT2D eigenvalue weighted by Gasteiger charge is 2.05. The first-order valence-corrected chi connectivity index (χ1v) is 7.03. The minimum Gasteiger partial charge on any atom is -0.488 e. The molecule has 2 N–H and O–H groups in total. The molecule has 0 atom stereocenters. The van der Waals surface area contributed by atoms with Crippen LogP contribution in [0.5, 0.6) is 5.75 Å². The summed E-state index contributed by atoms with van der Waals surface area (Å²) >= 11 is 3.46. The highest BCUT2D eigenvalue weighted by atomic mass is 79.9. The third-order valence-corrected chi connectivity index (χ3v) is 3.59. The Hall–Kier alpha value is -2.07. The lowest BCUT2D eigenvalue weighted by Gasteiger charge is -2.10. The van der Waals surface area contributed by atoms with Gasteiger partial charge in [0.2, 0.25) is 0 Å². The van der Waals surface area contributed by atoms with Crippen molar-refractivity contribution in [2.75, 3.05) is 5.73 Å². The molecule has 3 aromatic rings. The molecule has 0 amide bonds. The highest BCUT2D eigenvalue weighted by molar-refractivity contribution is 9.10. The second-order valence-corrected chi connectivity index (χ2v) is 5.41. The number of hydrogen-bond donors (Lipinski definition) is 1. The van der Waals surface area contributed by atoms with Gasteiger partial charge in [0.15, 0.2) is 0 Å². The molecule has 0 radical (unpaired) electrons. The van der Waals surface area contributed by atoms with Crippen LogP contribution < -0.4 is 10.5 Å². The molecule has 100 valence electrons. The van der Waals surface area contributed by atoms with Crippen molar-refractivity contribution in [2.45, 2.75) is 6.61 Å². The summed E-state index contributed by atoms with van der Waals surface area (Å²) in [7, 11) is 0. The number of nitrogens with two attached hydrogens (primary N) is 1. The fraction of sp³-hybridized carbons (Fsp3) is 0.0625. The first-order chi connectivity index (χ1) is 9.74. The Bertz CT molecular complexity index is 758. The Balaban J connectivity index is 1.90. The quantitative estimate of drug-likeness (QED) is 0.734. The van der Waals surface area contributed by atoms with E-state index in [1.807, 2.05) is 42.5 Å². The zero-order chi connectivity index (χ0) is 13.9. The average molecular weight is 329 g/mol. The lowest BCUT2D eigenvalue weighted by molar-refractivity contribution is 0.310. The van der Waals surface area contributed by atoms with Gasteiger partial charge in [-0.2, -0.15) is 0 Å². The second kappa shape index (κ2) is 5.51. The van der Waals surface area contributed by atoms with Crippen LogP contribution in [0.15, 0.2) is 59.3 Å². The van der Waals surface area contributed by atoms with Gasteiger partial charge in [-0.3, -0.25) is 4.98 Å². The Morgan fingerprint density at radius 1 is 1.10 bits per heavy atom. The van der Waals surface area contributed by atoms with Crippen LogP contribution in [0.4, 0.5) is 5.69 Å². The fourth-order valence-corrected chi connectivity index (χ4v) is 2.55. The zero-order valence-corrected chi connectivity index (χ0v) is 12.3. The van der Waals surface area contributed by atoms with Gasteiger partial charge in [-0.1, -0.05) is 28.1 Å². The molecule has 1 aromatic heterocycles. The van der Waals surface area contributed by atoms with Crippen molar-refractivity contribution in [1.29, 1.82) is 0 Å². The number of ether oxygens (including phenoxy) is 1. The topological polar surface area (TPSA) is 48.1 Å². The molecule has 3 rings (SSSR count). The third-order valence-electron chi connectivity index (χ3n) is 3.10. The molecular formula is C16H13BrN2O. The fourth-order valence-electron chi connectivity index (χ4n) is 2.10. The van der Waals surface area contributed by atoms with E-state index in [1.165, 1.54) is 0 Å². The predicted octanol–water partition coefficient (Wildman–Crippen LogP) is 4.16. The Morgan fingerprint density at radius 3 is 2.85 bits per heavy atom. The van der Waals surface area contributed by atoms with Crippen molar-refractivity contribution in [3.63, 3.8) is 0 Å². The normalized spacial score (nSPS) is 10.7. The average Bonchev–Trinajstić information content (AvgIpc) is 2.47. The number of nitrogens with zero attached hydrogens (tertiary/aromatic N) is 1. The monoisotopic (exact) mass is 328 g/mol. The van der Waals surface area contributed by atoms with Crippen LogP contribution in [0.25, 0.3) is 10.8 Å². The standard InChI is InChI=1S/C16H13BrN2O/c17-12-3-1-2-11(8-12)10-20-16-5-4-15(18)13-6-7-19-9-14(13)16/h1-9H,10,18H2. The first kappa shape index (κ1) is 12.9. The van der Waals surface area contributed by atoms with Crippen LogP contribution in [-0.4, -0.2) is 4.98 Å². The maximum Gasteiger partial charge on any atom is 0.129 e. The van der Waals surface area contributed by atoms with Gasteiger partial charge in [-0.15, -0.1) is 0 Å². The van der Waals surface area contributed by atoms with Crippen molar-refractivity contribution in [3.05, 3.63) is 64.9 Å². The van der Waals surface area contributed by atoms with E-state index in [0.29, 0.717) is 6.61 Å². The smallest absolute Gasteiger partial charge is 0.129 e. The third kappa shape index (κ3) is 2.60. The van der Waals surface area contributed by atoms with E-state index in [-0.39, 0.29) is 0 Å². The molecule has 1 heterocycles. The van der Waals surface area contributed by atoms with E-state index in [1.54, 1.807) is 12.4 Å². The summed E-state index contributed by atoms with van der Waals surface area (Å²) in [6.07, 6.45) is 3.51. The summed E-state index contributed by atoms with van der Waals surface area (Å²) in [5, 5.41) is 1.90. The highest BCUT2D eigenvalue weighted by Crippen LogP contribution is 2.29. The van der Waals surface area contributed by atoms with Crippen LogP contribution in [0, 0.1) is 0 Å². The zero-order valence-electron chi connectivity index (χ0n) is 10.7. The molecule has 0 aliphatic rings. The van der Waals surface area contributed by atoms with Crippen molar-refractivity contribution >= 4 is 32.4 Å². The summed E-state index contributed by atoms with van der Waals surface area (Å²) in [4.78, 5) is 4.14. The molecule has 0 spiro atoms. The van der Waals surface area contributed by atoms with E-state index < -0.39 is 0 Å². The predicted molar refractivity (Wildman–Crippen MR) is 84.6 cm³/mol. The number of anilines is 1. The largest absolute Gasteiger partial charge is 0.488 e. The molecule has 0 aliphatic carbocycles. The van der Waals surface area contributed by atoms with Crippen LogP contribution in [0.2, 0.25) is 0 Å². The number of aromatic nitrogens is 1. The summed E-state index contributed by atoms with van der Waals surface area (Å²) in [5.74, 6) is 0.794. The first-order valence-electron chi connectivity index (χ1n) is 6.23. The molecule has 0 saturated heterocycles. The van der Waals surface area contributed by atoms with E-state index in [0.717, 1.165) is 32.2 Å². The number of fused-ring (bicyclic) bond motifs is 1.